The summed E-state index contributed by atoms with van der Waals surface area (Å²) in [6.07, 6.45) is 6.83. The summed E-state index contributed by atoms with van der Waals surface area (Å²) in [7, 11) is -2.62. The Morgan fingerprint density at radius 1 is 0.846 bits per heavy atom. The van der Waals surface area contributed by atoms with Crippen LogP contribution in [0.15, 0.2) is 84.9 Å². The Morgan fingerprint density at radius 3 is 2.13 bits per heavy atom. The second kappa shape index (κ2) is 9.99. The fourth-order valence-corrected chi connectivity index (χ4v) is 13.1. The van der Waals surface area contributed by atoms with Crippen LogP contribution in [0.25, 0.3) is 0 Å². The van der Waals surface area contributed by atoms with Gasteiger partial charge in [-0.2, -0.15) is 0 Å². The van der Waals surface area contributed by atoms with E-state index in [0.29, 0.717) is 18.1 Å². The molecule has 1 saturated carbocycles. The second-order valence-electron chi connectivity index (χ2n) is 13.8. The van der Waals surface area contributed by atoms with Gasteiger partial charge >= 0.3 is 0 Å². The van der Waals surface area contributed by atoms with E-state index in [1.54, 1.807) is 5.56 Å². The number of nitrogens with zero attached hydrogens (tertiary/aromatic N) is 1. The fraction of sp³-hybridized carbons (Fsp3) is 0.486. The van der Waals surface area contributed by atoms with Gasteiger partial charge in [-0.05, 0) is 64.1 Å². The van der Waals surface area contributed by atoms with Crippen molar-refractivity contribution in [3.63, 3.8) is 0 Å². The summed E-state index contributed by atoms with van der Waals surface area (Å²) in [4.78, 5) is 2.81. The van der Waals surface area contributed by atoms with Gasteiger partial charge in [0.25, 0.3) is 8.32 Å². The van der Waals surface area contributed by atoms with Gasteiger partial charge < -0.3 is 9.74 Å². The van der Waals surface area contributed by atoms with Crippen molar-refractivity contribution >= 4 is 18.7 Å². The number of nitrogens with one attached hydrogen (secondary N) is 1. The van der Waals surface area contributed by atoms with E-state index in [-0.39, 0.29) is 11.1 Å². The highest BCUT2D eigenvalue weighted by Crippen LogP contribution is 2.46. The molecule has 4 unspecified atom stereocenters. The molecule has 1 N–H and O–H groups in total. The quantitative estimate of drug-likeness (QED) is 0.384. The molecule has 39 heavy (non-hydrogen) atoms. The molecule has 3 bridgehead atoms. The molecule has 0 spiro atoms. The van der Waals surface area contributed by atoms with Crippen LogP contribution in [0, 0.1) is 5.92 Å². The van der Waals surface area contributed by atoms with E-state index in [9.17, 15) is 0 Å². The van der Waals surface area contributed by atoms with Gasteiger partial charge in [0.1, 0.15) is 0 Å². The normalized spacial score (nSPS) is 28.9. The van der Waals surface area contributed by atoms with Gasteiger partial charge in [0.2, 0.25) is 0 Å². The number of hydrogen-bond donors (Lipinski definition) is 1. The highest BCUT2D eigenvalue weighted by molar-refractivity contribution is 6.99. The molecule has 3 aromatic rings. The lowest BCUT2D eigenvalue weighted by atomic mass is 9.79. The molecule has 3 aromatic carbocycles. The summed E-state index contributed by atoms with van der Waals surface area (Å²) in [6, 6.07) is 33.3. The van der Waals surface area contributed by atoms with Crippen molar-refractivity contribution < 1.29 is 4.43 Å². The molecule has 3 heterocycles. The standard InChI is InChI=1S/C35H44N2OSi/c1-35(2,3)39(29-16-6-4-7-17-29,30-18-8-5-9-19-30)38-34-32-22-26-21-31(36-32)33(34)37(24-26)23-25-12-10-15-28(20-25)27-13-11-14-27/h4-10,12,15-20,26-27,31-34,36H,11,13-14,21-24H2,1-3H3/t26?,31?,32?,33?,34-/m0/s1. The first-order valence-corrected chi connectivity index (χ1v) is 17.2. The van der Waals surface area contributed by atoms with Crippen LogP contribution in [0.4, 0.5) is 0 Å². The first-order valence-electron chi connectivity index (χ1n) is 15.3. The van der Waals surface area contributed by atoms with Crippen LogP contribution in [0.2, 0.25) is 5.04 Å². The van der Waals surface area contributed by atoms with E-state index in [4.69, 9.17) is 4.43 Å². The lowest BCUT2D eigenvalue weighted by molar-refractivity contribution is 0.0455. The molecule has 0 aromatic heterocycles. The molecule has 5 atom stereocenters. The number of hydrogen-bond acceptors (Lipinski definition) is 3. The van der Waals surface area contributed by atoms with Gasteiger partial charge in [-0.3, -0.25) is 4.90 Å². The lowest BCUT2D eigenvalue weighted by Gasteiger charge is -2.47. The molecule has 4 fully saturated rings. The minimum Gasteiger partial charge on any atom is -0.401 e. The Kier molecular flexibility index (Phi) is 6.58. The van der Waals surface area contributed by atoms with E-state index in [1.165, 1.54) is 54.6 Å². The molecule has 3 nitrogen and oxygen atoms in total. The predicted octanol–water partition coefficient (Wildman–Crippen LogP) is 5.83. The molecule has 0 amide bonds. The molecule has 4 heteroatoms. The third-order valence-corrected chi connectivity index (χ3v) is 15.3. The van der Waals surface area contributed by atoms with Crippen LogP contribution in [-0.2, 0) is 11.0 Å². The third-order valence-electron chi connectivity index (χ3n) is 10.3. The maximum Gasteiger partial charge on any atom is 0.261 e. The first kappa shape index (κ1) is 25.7. The van der Waals surface area contributed by atoms with Crippen LogP contribution in [0.5, 0.6) is 0 Å². The van der Waals surface area contributed by atoms with Crippen LogP contribution in [0.3, 0.4) is 0 Å². The second-order valence-corrected chi connectivity index (χ2v) is 18.0. The van der Waals surface area contributed by atoms with E-state index in [0.717, 1.165) is 18.4 Å². The van der Waals surface area contributed by atoms with E-state index in [2.05, 4.69) is 116 Å². The summed E-state index contributed by atoms with van der Waals surface area (Å²) < 4.78 is 7.87. The summed E-state index contributed by atoms with van der Waals surface area (Å²) in [5.41, 5.74) is 3.04. The zero-order valence-electron chi connectivity index (χ0n) is 23.9. The van der Waals surface area contributed by atoms with Gasteiger partial charge in [0.05, 0.1) is 12.1 Å². The average Bonchev–Trinajstić information content (AvgIpc) is 3.08. The molecule has 1 aliphatic carbocycles. The molecule has 3 saturated heterocycles. The van der Waals surface area contributed by atoms with Crippen LogP contribution < -0.4 is 15.7 Å². The van der Waals surface area contributed by atoms with Crippen molar-refractivity contribution in [3.05, 3.63) is 96.1 Å². The number of rotatable bonds is 7. The van der Waals surface area contributed by atoms with Crippen molar-refractivity contribution in [2.45, 2.75) is 94.6 Å². The minimum atomic E-state index is -2.62. The molecule has 4 aliphatic rings. The Morgan fingerprint density at radius 2 is 1.51 bits per heavy atom. The van der Waals surface area contributed by atoms with Gasteiger partial charge in [0, 0.05) is 25.2 Å². The SMILES string of the molecule is CC(C)(C)[Si](O[C@H]1C2CC3CC(N2)C1N(Cc1cccc(C2CCC2)c1)C3)(c1ccccc1)c1ccccc1. The highest BCUT2D eigenvalue weighted by atomic mass is 28.4. The Bertz CT molecular complexity index is 1250. The maximum absolute atomic E-state index is 7.87. The zero-order chi connectivity index (χ0) is 26.6. The number of piperidine rings is 2. The number of likely N-dealkylation sites (tertiary alicyclic amines) is 1. The Balaban J connectivity index is 1.26. The third kappa shape index (κ3) is 4.44. The van der Waals surface area contributed by atoms with Gasteiger partial charge in [-0.15, -0.1) is 0 Å². The first-order chi connectivity index (χ1) is 18.9. The smallest absolute Gasteiger partial charge is 0.261 e. The van der Waals surface area contributed by atoms with Crippen LogP contribution in [-0.4, -0.2) is 44.0 Å². The van der Waals surface area contributed by atoms with E-state index < -0.39 is 8.32 Å². The van der Waals surface area contributed by atoms with Gasteiger partial charge in [0.15, 0.2) is 0 Å². The molecule has 0 radical (unpaired) electrons. The molecular formula is C35H44N2OSi. The van der Waals surface area contributed by atoms with Crippen molar-refractivity contribution in [1.82, 2.24) is 10.2 Å². The largest absolute Gasteiger partial charge is 0.401 e. The zero-order valence-corrected chi connectivity index (χ0v) is 24.9. The van der Waals surface area contributed by atoms with Crippen molar-refractivity contribution in [3.8, 4) is 0 Å². The fourth-order valence-electron chi connectivity index (χ4n) is 8.36. The summed E-state index contributed by atoms with van der Waals surface area (Å²) in [5, 5.41) is 6.84. The number of benzene rings is 3. The lowest BCUT2D eigenvalue weighted by Crippen LogP contribution is -2.69. The highest BCUT2D eigenvalue weighted by Gasteiger charge is 2.59. The van der Waals surface area contributed by atoms with E-state index >= 15 is 0 Å². The molecular weight excluding hydrogens is 492 g/mol. The van der Waals surface area contributed by atoms with Crippen LogP contribution in [0.1, 0.15) is 69.9 Å². The molecule has 7 rings (SSSR count). The van der Waals surface area contributed by atoms with Crippen LogP contribution >= 0.6 is 0 Å². The molecule has 204 valence electrons. The number of fused-ring (bicyclic) bond motifs is 2. The van der Waals surface area contributed by atoms with Crippen molar-refractivity contribution in [2.75, 3.05) is 6.54 Å². The van der Waals surface area contributed by atoms with Crippen molar-refractivity contribution in [2.24, 2.45) is 5.92 Å². The topological polar surface area (TPSA) is 24.5 Å². The predicted molar refractivity (Wildman–Crippen MR) is 163 cm³/mol. The summed E-state index contributed by atoms with van der Waals surface area (Å²) in [6.45, 7) is 9.47. The Labute approximate surface area is 236 Å². The minimum absolute atomic E-state index is 0.00760. The summed E-state index contributed by atoms with van der Waals surface area (Å²) >= 11 is 0. The van der Waals surface area contributed by atoms with Crippen molar-refractivity contribution in [1.29, 1.82) is 0 Å². The average molecular weight is 537 g/mol. The Hall–Kier alpha value is -2.24. The molecule has 3 aliphatic heterocycles. The maximum atomic E-state index is 7.87. The van der Waals surface area contributed by atoms with E-state index in [1.807, 2.05) is 0 Å². The monoisotopic (exact) mass is 536 g/mol. The van der Waals surface area contributed by atoms with Gasteiger partial charge in [-0.1, -0.05) is 112 Å². The summed E-state index contributed by atoms with van der Waals surface area (Å²) in [5.74, 6) is 1.55. The van der Waals surface area contributed by atoms with Gasteiger partial charge in [-0.25, -0.2) is 0 Å².